The van der Waals surface area contributed by atoms with E-state index in [1.54, 1.807) is 0 Å². The Morgan fingerprint density at radius 3 is 2.17 bits per heavy atom. The molecule has 0 radical (unpaired) electrons. The summed E-state index contributed by atoms with van der Waals surface area (Å²) in [5.74, 6) is -0.130. The minimum atomic E-state index is -0.585. The van der Waals surface area contributed by atoms with Gasteiger partial charge in [0.25, 0.3) is 0 Å². The average Bonchev–Trinajstić information content (AvgIpc) is 2.27. The van der Waals surface area contributed by atoms with Gasteiger partial charge < -0.3 is 5.11 Å². The first kappa shape index (κ1) is 15.5. The highest BCUT2D eigenvalue weighted by Gasteiger charge is 2.22. The van der Waals surface area contributed by atoms with Crippen molar-refractivity contribution in [3.05, 3.63) is 0 Å². The van der Waals surface area contributed by atoms with E-state index in [4.69, 9.17) is 0 Å². The summed E-state index contributed by atoms with van der Waals surface area (Å²) in [6.45, 7) is 6.93. The third-order valence-electron chi connectivity index (χ3n) is 4.49. The maximum Gasteiger partial charge on any atom is 0.306 e. The van der Waals surface area contributed by atoms with Gasteiger partial charge in [0.15, 0.2) is 0 Å². The van der Waals surface area contributed by atoms with Crippen molar-refractivity contribution in [1.82, 2.24) is 0 Å². The summed E-state index contributed by atoms with van der Waals surface area (Å²) in [7, 11) is 0. The van der Waals surface area contributed by atoms with Gasteiger partial charge in [-0.15, -0.1) is 0 Å². The molecule has 0 amide bonds. The smallest absolute Gasteiger partial charge is 0.306 e. The molecular formula is C16H30O2. The molecule has 1 aliphatic rings. The average molecular weight is 254 g/mol. The first-order chi connectivity index (χ1) is 8.41. The van der Waals surface area contributed by atoms with Gasteiger partial charge in [0, 0.05) is 0 Å². The Morgan fingerprint density at radius 2 is 1.61 bits per heavy atom. The monoisotopic (exact) mass is 254 g/mol. The molecule has 1 rings (SSSR count). The van der Waals surface area contributed by atoms with E-state index in [2.05, 4.69) is 20.8 Å². The van der Waals surface area contributed by atoms with Crippen molar-refractivity contribution in [2.75, 3.05) is 0 Å². The molecule has 0 aromatic carbocycles. The highest BCUT2D eigenvalue weighted by molar-refractivity contribution is 5.69. The van der Waals surface area contributed by atoms with Crippen LogP contribution in [0.2, 0.25) is 0 Å². The molecular weight excluding hydrogens is 224 g/mol. The molecule has 1 aliphatic carbocycles. The van der Waals surface area contributed by atoms with E-state index in [0.717, 1.165) is 19.3 Å². The van der Waals surface area contributed by atoms with Crippen molar-refractivity contribution >= 4 is 5.97 Å². The molecule has 0 heterocycles. The zero-order chi connectivity index (χ0) is 13.6. The molecule has 2 atom stereocenters. The third kappa shape index (κ3) is 5.88. The Hall–Kier alpha value is -0.530. The third-order valence-corrected chi connectivity index (χ3v) is 4.49. The molecule has 1 N–H and O–H groups in total. The number of rotatable bonds is 1. The lowest BCUT2D eigenvalue weighted by Gasteiger charge is -2.26. The molecule has 0 aromatic heterocycles. The summed E-state index contributed by atoms with van der Waals surface area (Å²) < 4.78 is 0. The largest absolute Gasteiger partial charge is 0.481 e. The molecule has 1 fully saturated rings. The van der Waals surface area contributed by atoms with Crippen LogP contribution in [-0.4, -0.2) is 11.1 Å². The highest BCUT2D eigenvalue weighted by atomic mass is 16.4. The van der Waals surface area contributed by atoms with Crippen LogP contribution in [-0.2, 0) is 4.79 Å². The van der Waals surface area contributed by atoms with Gasteiger partial charge in [-0.2, -0.15) is 0 Å². The van der Waals surface area contributed by atoms with Crippen molar-refractivity contribution < 1.29 is 9.90 Å². The molecule has 0 aliphatic heterocycles. The van der Waals surface area contributed by atoms with E-state index in [0.29, 0.717) is 11.3 Å². The fourth-order valence-corrected chi connectivity index (χ4v) is 3.16. The number of hydrogen-bond acceptors (Lipinski definition) is 1. The lowest BCUT2D eigenvalue weighted by Crippen LogP contribution is -2.18. The standard InChI is InChI=1S/C16H30O2/c1-13-8-4-6-10-16(2,3)11-7-5-9-14(12-13)15(17)18/h13-14H,4-12H2,1-3H3,(H,17,18). The summed E-state index contributed by atoms with van der Waals surface area (Å²) in [4.78, 5) is 11.2. The van der Waals surface area contributed by atoms with Gasteiger partial charge in [0.1, 0.15) is 0 Å². The summed E-state index contributed by atoms with van der Waals surface area (Å²) in [5, 5.41) is 9.26. The molecule has 2 nitrogen and oxygen atoms in total. The molecule has 0 bridgehead atoms. The zero-order valence-electron chi connectivity index (χ0n) is 12.4. The van der Waals surface area contributed by atoms with Gasteiger partial charge in [-0.25, -0.2) is 0 Å². The van der Waals surface area contributed by atoms with Crippen LogP contribution in [0.1, 0.15) is 78.6 Å². The van der Waals surface area contributed by atoms with Crippen molar-refractivity contribution in [3.63, 3.8) is 0 Å². The molecule has 18 heavy (non-hydrogen) atoms. The number of carboxylic acid groups (broad SMARTS) is 1. The fourth-order valence-electron chi connectivity index (χ4n) is 3.16. The van der Waals surface area contributed by atoms with E-state index < -0.39 is 5.97 Å². The lowest BCUT2D eigenvalue weighted by atomic mass is 9.79. The summed E-state index contributed by atoms with van der Waals surface area (Å²) in [5.41, 5.74) is 0.446. The zero-order valence-corrected chi connectivity index (χ0v) is 12.4. The predicted octanol–water partition coefficient (Wildman–Crippen LogP) is 4.87. The van der Waals surface area contributed by atoms with E-state index >= 15 is 0 Å². The van der Waals surface area contributed by atoms with E-state index in [-0.39, 0.29) is 5.92 Å². The number of hydrogen-bond donors (Lipinski definition) is 1. The van der Waals surface area contributed by atoms with E-state index in [1.807, 2.05) is 0 Å². The van der Waals surface area contributed by atoms with Crippen LogP contribution in [0.5, 0.6) is 0 Å². The summed E-state index contributed by atoms with van der Waals surface area (Å²) in [6.07, 6.45) is 10.3. The minimum absolute atomic E-state index is 0.109. The van der Waals surface area contributed by atoms with Gasteiger partial charge in [-0.05, 0) is 37.0 Å². The second kappa shape index (κ2) is 7.16. The van der Waals surface area contributed by atoms with Gasteiger partial charge in [0.05, 0.1) is 5.92 Å². The molecule has 106 valence electrons. The normalized spacial score (nSPS) is 31.1. The Kier molecular flexibility index (Phi) is 6.17. The molecule has 0 saturated heterocycles. The number of carboxylic acids is 1. The Bertz CT molecular complexity index is 258. The van der Waals surface area contributed by atoms with E-state index in [1.165, 1.54) is 38.5 Å². The number of aliphatic carboxylic acids is 1. The Morgan fingerprint density at radius 1 is 1.06 bits per heavy atom. The number of carbonyl (C=O) groups is 1. The van der Waals surface area contributed by atoms with Crippen LogP contribution in [0, 0.1) is 17.3 Å². The topological polar surface area (TPSA) is 37.3 Å². The molecule has 2 unspecified atom stereocenters. The lowest BCUT2D eigenvalue weighted by molar-refractivity contribution is -0.142. The molecule has 2 heteroatoms. The van der Waals surface area contributed by atoms with Crippen LogP contribution in [0.3, 0.4) is 0 Å². The predicted molar refractivity (Wildman–Crippen MR) is 75.6 cm³/mol. The van der Waals surface area contributed by atoms with Crippen LogP contribution >= 0.6 is 0 Å². The van der Waals surface area contributed by atoms with Crippen LogP contribution in [0.15, 0.2) is 0 Å². The van der Waals surface area contributed by atoms with Gasteiger partial charge in [0.2, 0.25) is 0 Å². The van der Waals surface area contributed by atoms with Crippen LogP contribution in [0.25, 0.3) is 0 Å². The molecule has 1 saturated carbocycles. The maximum atomic E-state index is 11.2. The Balaban J connectivity index is 2.54. The highest BCUT2D eigenvalue weighted by Crippen LogP contribution is 2.33. The minimum Gasteiger partial charge on any atom is -0.481 e. The quantitative estimate of drug-likeness (QED) is 0.724. The first-order valence-corrected chi connectivity index (χ1v) is 7.63. The summed E-state index contributed by atoms with van der Waals surface area (Å²) >= 11 is 0. The fraction of sp³-hybridized carbons (Fsp3) is 0.938. The second-order valence-electron chi connectivity index (χ2n) is 7.03. The van der Waals surface area contributed by atoms with E-state index in [9.17, 15) is 9.90 Å². The molecule has 0 aromatic rings. The first-order valence-electron chi connectivity index (χ1n) is 7.63. The summed E-state index contributed by atoms with van der Waals surface area (Å²) in [6, 6.07) is 0. The second-order valence-corrected chi connectivity index (χ2v) is 7.03. The van der Waals surface area contributed by atoms with Crippen molar-refractivity contribution in [2.24, 2.45) is 17.3 Å². The van der Waals surface area contributed by atoms with Crippen LogP contribution in [0.4, 0.5) is 0 Å². The van der Waals surface area contributed by atoms with Crippen molar-refractivity contribution in [3.8, 4) is 0 Å². The molecule has 0 spiro atoms. The van der Waals surface area contributed by atoms with Crippen molar-refractivity contribution in [1.29, 1.82) is 0 Å². The van der Waals surface area contributed by atoms with Gasteiger partial charge in [-0.3, -0.25) is 4.79 Å². The maximum absolute atomic E-state index is 11.2. The SMILES string of the molecule is CC1CCCCC(C)(C)CCCCC(C(=O)O)C1. The van der Waals surface area contributed by atoms with Gasteiger partial charge >= 0.3 is 5.97 Å². The van der Waals surface area contributed by atoms with Gasteiger partial charge in [-0.1, -0.05) is 52.9 Å². The Labute approximate surface area is 112 Å². The van der Waals surface area contributed by atoms with Crippen LogP contribution < -0.4 is 0 Å². The van der Waals surface area contributed by atoms with Crippen molar-refractivity contribution in [2.45, 2.75) is 78.6 Å².